The molecule has 2 amide bonds. The van der Waals surface area contributed by atoms with Crippen LogP contribution < -0.4 is 5.32 Å². The van der Waals surface area contributed by atoms with Gasteiger partial charge in [0, 0.05) is 18.4 Å². The summed E-state index contributed by atoms with van der Waals surface area (Å²) in [6, 6.07) is 9.64. The van der Waals surface area contributed by atoms with E-state index >= 15 is 4.39 Å². The van der Waals surface area contributed by atoms with Crippen molar-refractivity contribution >= 4 is 23.0 Å². The van der Waals surface area contributed by atoms with Crippen molar-refractivity contribution in [1.82, 2.24) is 20.2 Å². The number of aromatic nitrogens is 2. The third-order valence-electron chi connectivity index (χ3n) is 7.97. The molecule has 15 heteroatoms. The second-order valence-corrected chi connectivity index (χ2v) is 11.2. The number of carbonyl (C=O) groups excluding carboxylic acids is 2. The van der Waals surface area contributed by atoms with Crippen molar-refractivity contribution in [2.45, 2.75) is 68.7 Å². The van der Waals surface area contributed by atoms with Gasteiger partial charge in [0.25, 0.3) is 12.3 Å². The highest BCUT2D eigenvalue weighted by atomic mass is 19.3. The minimum Gasteiger partial charge on any atom is -0.445 e. The molecule has 5 rings (SSSR count). The van der Waals surface area contributed by atoms with Gasteiger partial charge in [-0.1, -0.05) is 36.4 Å². The van der Waals surface area contributed by atoms with Gasteiger partial charge in [0.15, 0.2) is 12.0 Å². The minimum absolute atomic E-state index is 0.0269. The second kappa shape index (κ2) is 12.2. The van der Waals surface area contributed by atoms with Gasteiger partial charge < -0.3 is 19.9 Å². The van der Waals surface area contributed by atoms with Gasteiger partial charge in [0.2, 0.25) is 11.8 Å². The molecule has 1 aliphatic heterocycles. The molecule has 238 valence electrons. The summed E-state index contributed by atoms with van der Waals surface area (Å²) in [7, 11) is 0. The van der Waals surface area contributed by atoms with Gasteiger partial charge in [-0.15, -0.1) is 0 Å². The molecule has 7 nitrogen and oxygen atoms in total. The highest BCUT2D eigenvalue weighted by Crippen LogP contribution is 2.42. The number of amides is 2. The van der Waals surface area contributed by atoms with E-state index in [1.165, 1.54) is 0 Å². The number of alkyl halides is 7. The average Bonchev–Trinajstić information content (AvgIpc) is 3.40. The van der Waals surface area contributed by atoms with Gasteiger partial charge in [-0.2, -0.15) is 0 Å². The van der Waals surface area contributed by atoms with Crippen LogP contribution in [-0.2, 0) is 16.1 Å². The normalized spacial score (nSPS) is 20.2. The predicted molar refractivity (Wildman–Crippen MR) is 141 cm³/mol. The fourth-order valence-corrected chi connectivity index (χ4v) is 5.61. The number of nitrogens with zero attached hydrogens (tertiary/aromatic N) is 2. The van der Waals surface area contributed by atoms with E-state index in [-0.39, 0.29) is 30.8 Å². The highest BCUT2D eigenvalue weighted by molar-refractivity contribution is 5.87. The van der Waals surface area contributed by atoms with Crippen LogP contribution in [0.1, 0.15) is 54.6 Å². The molecule has 0 bridgehead atoms. The van der Waals surface area contributed by atoms with Crippen LogP contribution in [0.2, 0.25) is 0 Å². The smallest absolute Gasteiger partial charge is 0.408 e. The Balaban J connectivity index is 1.45. The quantitative estimate of drug-likeness (QED) is 0.259. The lowest BCUT2D eigenvalue weighted by Gasteiger charge is -2.41. The zero-order valence-electron chi connectivity index (χ0n) is 23.0. The molecule has 0 radical (unpaired) electrons. The molecule has 2 heterocycles. The van der Waals surface area contributed by atoms with E-state index in [4.69, 9.17) is 4.74 Å². The standard InChI is InChI=1S/C29H28F8N4O3/c30-20-17(19(21(31)24(32)33)26(42)41-13-29(36,37)14-41)6-7-18-23(20)39-25(38-18)22(16-8-10-28(34,35)11-9-16)40-27(43)44-12-15-4-2-1-3-5-15/h1-7,16,19,21-22,24H,8-14H2,(H,38,39)(H,40,43)/t19?,21?,22-/m0/s1. The Hall–Kier alpha value is -3.91. The number of benzene rings is 2. The molecular weight excluding hydrogens is 604 g/mol. The van der Waals surface area contributed by atoms with Gasteiger partial charge in [-0.05, 0) is 30.4 Å². The minimum atomic E-state index is -3.73. The molecular formula is C29H28F8N4O3. The van der Waals surface area contributed by atoms with E-state index < -0.39 is 97.1 Å². The zero-order chi connectivity index (χ0) is 31.8. The van der Waals surface area contributed by atoms with Gasteiger partial charge >= 0.3 is 6.09 Å². The summed E-state index contributed by atoms with van der Waals surface area (Å²) in [4.78, 5) is 33.0. The molecule has 1 aromatic heterocycles. The van der Waals surface area contributed by atoms with E-state index in [1.807, 2.05) is 0 Å². The van der Waals surface area contributed by atoms with Crippen molar-refractivity contribution in [2.75, 3.05) is 13.1 Å². The molecule has 3 atom stereocenters. The largest absolute Gasteiger partial charge is 0.445 e. The molecule has 2 fully saturated rings. The lowest BCUT2D eigenvalue weighted by Crippen LogP contribution is -2.60. The Morgan fingerprint density at radius 3 is 2.27 bits per heavy atom. The maximum Gasteiger partial charge on any atom is 0.408 e. The number of carbonyl (C=O) groups is 2. The summed E-state index contributed by atoms with van der Waals surface area (Å²) in [5.74, 6) is -12.0. The van der Waals surface area contributed by atoms with Crippen LogP contribution in [0.4, 0.5) is 39.9 Å². The van der Waals surface area contributed by atoms with Gasteiger partial charge in [0.05, 0.1) is 24.6 Å². The number of hydrogen-bond acceptors (Lipinski definition) is 4. The van der Waals surface area contributed by atoms with Crippen LogP contribution in [0.25, 0.3) is 11.0 Å². The Kier molecular flexibility index (Phi) is 8.76. The zero-order valence-corrected chi connectivity index (χ0v) is 23.0. The Labute approximate surface area is 245 Å². The highest BCUT2D eigenvalue weighted by Gasteiger charge is 2.51. The van der Waals surface area contributed by atoms with Crippen molar-refractivity contribution in [3.63, 3.8) is 0 Å². The molecule has 3 aromatic rings. The maximum absolute atomic E-state index is 15.8. The van der Waals surface area contributed by atoms with E-state index in [2.05, 4.69) is 15.3 Å². The number of halogens is 8. The van der Waals surface area contributed by atoms with Crippen molar-refractivity contribution in [3.05, 3.63) is 65.2 Å². The third-order valence-corrected chi connectivity index (χ3v) is 7.97. The summed E-state index contributed by atoms with van der Waals surface area (Å²) in [5.41, 5.74) is -0.666. The van der Waals surface area contributed by atoms with E-state index in [0.717, 1.165) is 12.1 Å². The van der Waals surface area contributed by atoms with Crippen molar-refractivity contribution in [1.29, 1.82) is 0 Å². The molecule has 0 spiro atoms. The van der Waals surface area contributed by atoms with E-state index in [9.17, 15) is 40.3 Å². The Bertz CT molecular complexity index is 1480. The number of likely N-dealkylation sites (tertiary alicyclic amines) is 1. The number of imidazole rings is 1. The predicted octanol–water partition coefficient (Wildman–Crippen LogP) is 6.66. The van der Waals surface area contributed by atoms with E-state index in [0.29, 0.717) is 10.5 Å². The number of alkyl carbamates (subject to hydrolysis) is 1. The molecule has 1 saturated carbocycles. The summed E-state index contributed by atoms with van der Waals surface area (Å²) >= 11 is 0. The number of aromatic amines is 1. The maximum atomic E-state index is 15.8. The average molecular weight is 633 g/mol. The van der Waals surface area contributed by atoms with Crippen molar-refractivity contribution < 1.29 is 49.4 Å². The van der Waals surface area contributed by atoms with Crippen LogP contribution in [0, 0.1) is 11.7 Å². The lowest BCUT2D eigenvalue weighted by molar-refractivity contribution is -0.170. The number of fused-ring (bicyclic) bond motifs is 1. The first kappa shape index (κ1) is 31.5. The molecule has 1 saturated heterocycles. The first-order valence-electron chi connectivity index (χ1n) is 13.9. The van der Waals surface area contributed by atoms with Gasteiger partial charge in [0.1, 0.15) is 23.9 Å². The van der Waals surface area contributed by atoms with Gasteiger partial charge in [-0.3, -0.25) is 4.79 Å². The molecule has 44 heavy (non-hydrogen) atoms. The fraction of sp³-hybridized carbons (Fsp3) is 0.483. The van der Waals surface area contributed by atoms with Crippen LogP contribution in [0.15, 0.2) is 42.5 Å². The van der Waals surface area contributed by atoms with Crippen molar-refractivity contribution in [2.24, 2.45) is 5.92 Å². The Morgan fingerprint density at radius 1 is 1.00 bits per heavy atom. The summed E-state index contributed by atoms with van der Waals surface area (Å²) in [6.45, 7) is -2.35. The SMILES string of the molecule is O=C(N[C@H](c1nc2c(F)c(C(C(=O)N3CC(F)(F)C3)C(F)C(F)F)ccc2[nH]1)C1CCC(F)(F)CC1)OCc1ccccc1. The van der Waals surface area contributed by atoms with Crippen LogP contribution in [0.3, 0.4) is 0 Å². The van der Waals surface area contributed by atoms with Gasteiger partial charge in [-0.25, -0.2) is 44.9 Å². The first-order chi connectivity index (χ1) is 20.7. The molecule has 2 N–H and O–H groups in total. The summed E-state index contributed by atoms with van der Waals surface area (Å²) in [5, 5.41) is 2.59. The second-order valence-electron chi connectivity index (χ2n) is 11.2. The van der Waals surface area contributed by atoms with Crippen LogP contribution in [0.5, 0.6) is 0 Å². The van der Waals surface area contributed by atoms with E-state index in [1.54, 1.807) is 30.3 Å². The summed E-state index contributed by atoms with van der Waals surface area (Å²) < 4.78 is 117. The monoisotopic (exact) mass is 632 g/mol. The number of rotatable bonds is 9. The first-order valence-corrected chi connectivity index (χ1v) is 13.9. The molecule has 2 unspecified atom stereocenters. The molecule has 2 aliphatic rings. The molecule has 2 aromatic carbocycles. The fourth-order valence-electron chi connectivity index (χ4n) is 5.61. The number of ether oxygens (including phenoxy) is 1. The molecule has 1 aliphatic carbocycles. The topological polar surface area (TPSA) is 87.3 Å². The van der Waals surface area contributed by atoms with Crippen molar-refractivity contribution in [3.8, 4) is 0 Å². The Morgan fingerprint density at radius 2 is 1.66 bits per heavy atom. The summed E-state index contributed by atoms with van der Waals surface area (Å²) in [6.07, 6.45) is -8.86. The van der Waals surface area contributed by atoms with Crippen LogP contribution >= 0.6 is 0 Å². The third kappa shape index (κ3) is 6.75. The number of nitrogens with one attached hydrogen (secondary N) is 2. The van der Waals surface area contributed by atoms with Crippen LogP contribution in [-0.4, -0.2) is 64.4 Å². The number of hydrogen-bond donors (Lipinski definition) is 2. The number of H-pyrrole nitrogens is 1. The lowest BCUT2D eigenvalue weighted by atomic mass is 9.82.